The van der Waals surface area contributed by atoms with Crippen LogP contribution in [-0.4, -0.2) is 31.9 Å². The molecule has 2 aromatic rings. The number of hydrogen-bond donors (Lipinski definition) is 2. The Morgan fingerprint density at radius 2 is 2.31 bits per heavy atom. The molecule has 0 fully saturated rings. The molecule has 0 saturated heterocycles. The fourth-order valence-corrected chi connectivity index (χ4v) is 1.52. The summed E-state index contributed by atoms with van der Waals surface area (Å²) in [6, 6.07) is 4.77. The maximum absolute atomic E-state index is 8.97. The second kappa shape index (κ2) is 4.56. The molecule has 7 heteroatoms. The molecule has 3 N–H and O–H groups in total. The van der Waals surface area contributed by atoms with Gasteiger partial charge in [0.2, 0.25) is 0 Å². The zero-order valence-electron chi connectivity index (χ0n) is 8.29. The average Bonchev–Trinajstić information content (AvgIpc) is 2.82. The van der Waals surface area contributed by atoms with Crippen LogP contribution in [0.1, 0.15) is 11.6 Å². The van der Waals surface area contributed by atoms with Crippen LogP contribution in [0, 0.1) is 0 Å². The minimum absolute atomic E-state index is 0.128. The van der Waals surface area contributed by atoms with Crippen LogP contribution >= 0.6 is 11.6 Å². The van der Waals surface area contributed by atoms with E-state index in [1.807, 2.05) is 0 Å². The molecule has 0 aliphatic heterocycles. The van der Waals surface area contributed by atoms with Crippen molar-refractivity contribution in [2.45, 2.75) is 6.04 Å². The number of aromatic nitrogens is 4. The zero-order valence-corrected chi connectivity index (χ0v) is 9.04. The Morgan fingerprint density at radius 3 is 2.94 bits per heavy atom. The van der Waals surface area contributed by atoms with Gasteiger partial charge in [0, 0.05) is 0 Å². The van der Waals surface area contributed by atoms with Crippen molar-refractivity contribution < 1.29 is 5.11 Å². The lowest BCUT2D eigenvalue weighted by Gasteiger charge is -2.11. The SMILES string of the molecule is NC(CO)c1ccc(Cl)c(-n2cnnn2)c1. The van der Waals surface area contributed by atoms with E-state index < -0.39 is 6.04 Å². The Hall–Kier alpha value is -1.50. The Labute approximate surface area is 96.6 Å². The van der Waals surface area contributed by atoms with Gasteiger partial charge in [-0.05, 0) is 28.1 Å². The molecule has 0 bridgehead atoms. The minimum atomic E-state index is -0.438. The van der Waals surface area contributed by atoms with Crippen LogP contribution in [0.3, 0.4) is 0 Å². The lowest BCUT2D eigenvalue weighted by atomic mass is 10.1. The van der Waals surface area contributed by atoms with Crippen LogP contribution in [0.2, 0.25) is 5.02 Å². The highest BCUT2D eigenvalue weighted by atomic mass is 35.5. The molecule has 1 aromatic heterocycles. The topological polar surface area (TPSA) is 89.8 Å². The zero-order chi connectivity index (χ0) is 11.5. The molecule has 1 atom stereocenters. The van der Waals surface area contributed by atoms with Gasteiger partial charge in [0.15, 0.2) is 0 Å². The van der Waals surface area contributed by atoms with Crippen LogP contribution in [-0.2, 0) is 0 Å². The number of nitrogens with zero attached hydrogens (tertiary/aromatic N) is 4. The first-order chi connectivity index (χ1) is 7.72. The first-order valence-electron chi connectivity index (χ1n) is 4.61. The van der Waals surface area contributed by atoms with Gasteiger partial charge in [0.25, 0.3) is 0 Å². The van der Waals surface area contributed by atoms with Crippen molar-refractivity contribution in [2.24, 2.45) is 5.73 Å². The summed E-state index contributed by atoms with van der Waals surface area (Å²) in [5, 5.41) is 20.3. The smallest absolute Gasteiger partial charge is 0.143 e. The fraction of sp³-hybridized carbons (Fsp3) is 0.222. The van der Waals surface area contributed by atoms with Gasteiger partial charge in [0.05, 0.1) is 23.4 Å². The van der Waals surface area contributed by atoms with Crippen LogP contribution in [0.15, 0.2) is 24.5 Å². The normalized spacial score (nSPS) is 12.7. The second-order valence-corrected chi connectivity index (χ2v) is 3.66. The highest BCUT2D eigenvalue weighted by Crippen LogP contribution is 2.23. The van der Waals surface area contributed by atoms with Gasteiger partial charge in [-0.1, -0.05) is 17.7 Å². The Balaban J connectivity index is 2.45. The summed E-state index contributed by atoms with van der Waals surface area (Å²) in [6.45, 7) is -0.128. The molecule has 2 rings (SSSR count). The van der Waals surface area contributed by atoms with Gasteiger partial charge in [-0.3, -0.25) is 0 Å². The summed E-state index contributed by atoms with van der Waals surface area (Å²) in [5.41, 5.74) is 7.12. The maximum atomic E-state index is 8.97. The fourth-order valence-electron chi connectivity index (χ4n) is 1.31. The third-order valence-electron chi connectivity index (χ3n) is 2.19. The van der Waals surface area contributed by atoms with E-state index in [1.54, 1.807) is 18.2 Å². The highest BCUT2D eigenvalue weighted by molar-refractivity contribution is 6.32. The molecular weight excluding hydrogens is 230 g/mol. The molecule has 16 heavy (non-hydrogen) atoms. The highest BCUT2D eigenvalue weighted by Gasteiger charge is 2.09. The van der Waals surface area contributed by atoms with E-state index in [0.29, 0.717) is 10.7 Å². The van der Waals surface area contributed by atoms with E-state index in [4.69, 9.17) is 22.4 Å². The van der Waals surface area contributed by atoms with Gasteiger partial charge in [0.1, 0.15) is 6.33 Å². The third kappa shape index (κ3) is 2.04. The van der Waals surface area contributed by atoms with Crippen LogP contribution in [0.5, 0.6) is 0 Å². The number of aliphatic hydroxyl groups is 1. The largest absolute Gasteiger partial charge is 0.394 e. The molecule has 6 nitrogen and oxygen atoms in total. The molecule has 0 aliphatic rings. The molecule has 0 radical (unpaired) electrons. The van der Waals surface area contributed by atoms with E-state index in [9.17, 15) is 0 Å². The summed E-state index contributed by atoms with van der Waals surface area (Å²) in [4.78, 5) is 0. The van der Waals surface area contributed by atoms with Gasteiger partial charge in [-0.15, -0.1) is 5.10 Å². The number of rotatable bonds is 3. The van der Waals surface area contributed by atoms with Gasteiger partial charge < -0.3 is 10.8 Å². The molecule has 0 aliphatic carbocycles. The first kappa shape index (κ1) is 11.0. The Morgan fingerprint density at radius 1 is 1.50 bits per heavy atom. The van der Waals surface area contributed by atoms with Crippen molar-refractivity contribution in [1.82, 2.24) is 20.2 Å². The first-order valence-corrected chi connectivity index (χ1v) is 4.99. The van der Waals surface area contributed by atoms with Crippen molar-refractivity contribution in [3.63, 3.8) is 0 Å². The van der Waals surface area contributed by atoms with Crippen molar-refractivity contribution in [3.8, 4) is 5.69 Å². The van der Waals surface area contributed by atoms with Crippen LogP contribution in [0.4, 0.5) is 0 Å². The van der Waals surface area contributed by atoms with E-state index in [0.717, 1.165) is 5.56 Å². The van der Waals surface area contributed by atoms with E-state index >= 15 is 0 Å². The third-order valence-corrected chi connectivity index (χ3v) is 2.51. The number of halogens is 1. The molecule has 0 spiro atoms. The summed E-state index contributed by atoms with van der Waals surface area (Å²) in [6.07, 6.45) is 1.44. The summed E-state index contributed by atoms with van der Waals surface area (Å²) >= 11 is 6.02. The van der Waals surface area contributed by atoms with Crippen LogP contribution < -0.4 is 5.73 Å². The van der Waals surface area contributed by atoms with E-state index in [1.165, 1.54) is 11.0 Å². The van der Waals surface area contributed by atoms with E-state index in [-0.39, 0.29) is 6.61 Å². The maximum Gasteiger partial charge on any atom is 0.143 e. The van der Waals surface area contributed by atoms with Crippen molar-refractivity contribution >= 4 is 11.6 Å². The predicted octanol–water partition coefficient (Wildman–Crippen LogP) is 0.308. The standard InChI is InChI=1S/C9H10ClN5O/c10-7-2-1-6(8(11)4-16)3-9(7)15-5-12-13-14-15/h1-3,5,8,16H,4,11H2. The molecule has 1 unspecified atom stereocenters. The summed E-state index contributed by atoms with van der Waals surface area (Å²) < 4.78 is 1.44. The lowest BCUT2D eigenvalue weighted by Crippen LogP contribution is -2.14. The Bertz CT molecular complexity index is 473. The quantitative estimate of drug-likeness (QED) is 0.805. The van der Waals surface area contributed by atoms with Gasteiger partial charge >= 0.3 is 0 Å². The lowest BCUT2D eigenvalue weighted by molar-refractivity contribution is 0.268. The van der Waals surface area contributed by atoms with Crippen LogP contribution in [0.25, 0.3) is 5.69 Å². The average molecular weight is 240 g/mol. The number of aliphatic hydroxyl groups excluding tert-OH is 1. The minimum Gasteiger partial charge on any atom is -0.394 e. The molecule has 84 valence electrons. The summed E-state index contributed by atoms with van der Waals surface area (Å²) in [7, 11) is 0. The number of nitrogens with two attached hydrogens (primary N) is 1. The molecular formula is C9H10ClN5O. The predicted molar refractivity (Wildman–Crippen MR) is 58.2 cm³/mol. The van der Waals surface area contributed by atoms with Crippen molar-refractivity contribution in [2.75, 3.05) is 6.61 Å². The van der Waals surface area contributed by atoms with Crippen molar-refractivity contribution in [1.29, 1.82) is 0 Å². The van der Waals surface area contributed by atoms with Gasteiger partial charge in [-0.2, -0.15) is 4.68 Å². The number of tetrazole rings is 1. The molecule has 1 heterocycles. The number of hydrogen-bond acceptors (Lipinski definition) is 5. The molecule has 0 amide bonds. The number of benzene rings is 1. The van der Waals surface area contributed by atoms with Crippen molar-refractivity contribution in [3.05, 3.63) is 35.1 Å². The Kier molecular flexibility index (Phi) is 3.14. The molecule has 0 saturated carbocycles. The second-order valence-electron chi connectivity index (χ2n) is 3.25. The van der Waals surface area contributed by atoms with Gasteiger partial charge in [-0.25, -0.2) is 0 Å². The van der Waals surface area contributed by atoms with E-state index in [2.05, 4.69) is 15.5 Å². The monoisotopic (exact) mass is 239 g/mol. The summed E-state index contributed by atoms with van der Waals surface area (Å²) in [5.74, 6) is 0. The molecule has 1 aromatic carbocycles.